The van der Waals surface area contributed by atoms with Crippen LogP contribution in [0.3, 0.4) is 0 Å². The molecule has 0 bridgehead atoms. The Balaban J connectivity index is 1.50. The molecule has 5 rings (SSSR count). The number of hydrogen-bond acceptors (Lipinski definition) is 6. The lowest BCUT2D eigenvalue weighted by molar-refractivity contribution is -0.275. The Bertz CT molecular complexity index is 1410. The highest BCUT2D eigenvalue weighted by atomic mass is 19.4. The summed E-state index contributed by atoms with van der Waals surface area (Å²) < 4.78 is 67.9. The minimum atomic E-state index is -5.06. The molecule has 2 aliphatic heterocycles. The number of pyridine rings is 1. The monoisotopic (exact) mass is 529 g/mol. The first kappa shape index (κ1) is 25.5. The molecule has 0 saturated heterocycles. The molecular weight excluding hydrogens is 506 g/mol. The van der Waals surface area contributed by atoms with Gasteiger partial charge < -0.3 is 19.5 Å². The second kappa shape index (κ2) is 9.30. The van der Waals surface area contributed by atoms with Gasteiger partial charge in [0, 0.05) is 23.7 Å². The normalized spacial score (nSPS) is 20.0. The van der Waals surface area contributed by atoms with Gasteiger partial charge in [-0.3, -0.25) is 9.78 Å². The highest BCUT2D eigenvalue weighted by Gasteiger charge is 2.43. The van der Waals surface area contributed by atoms with Crippen molar-refractivity contribution in [3.8, 4) is 11.5 Å². The number of rotatable bonds is 5. The van der Waals surface area contributed by atoms with Crippen LogP contribution in [-0.4, -0.2) is 41.9 Å². The van der Waals surface area contributed by atoms with Crippen LogP contribution in [0.25, 0.3) is 0 Å². The highest BCUT2D eigenvalue weighted by Crippen LogP contribution is 2.42. The number of aromatic nitrogens is 1. The standard InChI is InChI=1S/C27H23F4N3O4/c1-25(2)15-37-24(34-25)17-7-5-16(6-8-17)23(35)33-26(11-13-36-21-4-3-12-32-22(21)26)18-9-10-20(19(28)14-18)38-27(29,30)31/h3-10,12,14H,11,13,15H2,1-2H3,(H,33,35)/t26-/m0/s1. The van der Waals surface area contributed by atoms with E-state index in [-0.39, 0.29) is 24.1 Å². The van der Waals surface area contributed by atoms with E-state index in [1.165, 1.54) is 12.3 Å². The smallest absolute Gasteiger partial charge is 0.491 e. The van der Waals surface area contributed by atoms with Gasteiger partial charge in [-0.05, 0) is 67.9 Å². The lowest BCUT2D eigenvalue weighted by atomic mass is 9.81. The number of benzene rings is 2. The van der Waals surface area contributed by atoms with Gasteiger partial charge in [-0.2, -0.15) is 0 Å². The van der Waals surface area contributed by atoms with Crippen LogP contribution in [0.1, 0.15) is 47.4 Å². The van der Waals surface area contributed by atoms with Crippen molar-refractivity contribution in [1.29, 1.82) is 0 Å². The number of hydrogen-bond donors (Lipinski definition) is 1. The molecule has 0 unspecified atom stereocenters. The Morgan fingerprint density at radius 3 is 2.50 bits per heavy atom. The van der Waals surface area contributed by atoms with Crippen LogP contribution in [0.2, 0.25) is 0 Å². The largest absolute Gasteiger partial charge is 0.573 e. The van der Waals surface area contributed by atoms with Crippen molar-refractivity contribution in [2.24, 2.45) is 4.99 Å². The van der Waals surface area contributed by atoms with Crippen LogP contribution in [-0.2, 0) is 10.3 Å². The Morgan fingerprint density at radius 2 is 1.84 bits per heavy atom. The predicted molar refractivity (Wildman–Crippen MR) is 129 cm³/mol. The molecule has 38 heavy (non-hydrogen) atoms. The van der Waals surface area contributed by atoms with Crippen LogP contribution in [0, 0.1) is 5.82 Å². The van der Waals surface area contributed by atoms with Crippen molar-refractivity contribution in [2.75, 3.05) is 13.2 Å². The number of fused-ring (bicyclic) bond motifs is 1. The molecule has 1 amide bonds. The first-order chi connectivity index (χ1) is 18.0. The fraction of sp³-hybridized carbons (Fsp3) is 0.296. The Hall–Kier alpha value is -4.15. The molecule has 2 aromatic carbocycles. The third-order valence-electron chi connectivity index (χ3n) is 6.25. The van der Waals surface area contributed by atoms with E-state index in [4.69, 9.17) is 9.47 Å². The Morgan fingerprint density at radius 1 is 1.08 bits per heavy atom. The van der Waals surface area contributed by atoms with Gasteiger partial charge in [-0.25, -0.2) is 9.38 Å². The van der Waals surface area contributed by atoms with E-state index in [2.05, 4.69) is 20.0 Å². The Kier molecular flexibility index (Phi) is 6.24. The van der Waals surface area contributed by atoms with Gasteiger partial charge in [0.2, 0.25) is 5.90 Å². The average molecular weight is 529 g/mol. The molecule has 0 saturated carbocycles. The zero-order valence-electron chi connectivity index (χ0n) is 20.4. The summed E-state index contributed by atoms with van der Waals surface area (Å²) in [7, 11) is 0. The average Bonchev–Trinajstić information content (AvgIpc) is 3.24. The van der Waals surface area contributed by atoms with E-state index < -0.39 is 29.4 Å². The SMILES string of the molecule is CC1(C)COC(c2ccc(C(=O)N[C@]3(c4ccc(OC(F)(F)F)c(F)c4)CCOc4cccnc43)cc2)=N1. The third-order valence-corrected chi connectivity index (χ3v) is 6.25. The van der Waals surface area contributed by atoms with Crippen molar-refractivity contribution in [2.45, 2.75) is 37.7 Å². The van der Waals surface area contributed by atoms with E-state index >= 15 is 0 Å². The van der Waals surface area contributed by atoms with Gasteiger partial charge >= 0.3 is 6.36 Å². The number of aliphatic imine (C=N–C) groups is 1. The van der Waals surface area contributed by atoms with E-state index in [1.54, 1.807) is 36.4 Å². The lowest BCUT2D eigenvalue weighted by Crippen LogP contribution is -2.50. The molecule has 0 radical (unpaired) electrons. The quantitative estimate of drug-likeness (QED) is 0.464. The molecule has 2 aliphatic rings. The number of ether oxygens (including phenoxy) is 3. The molecule has 1 N–H and O–H groups in total. The van der Waals surface area contributed by atoms with Gasteiger partial charge in [0.05, 0.1) is 12.1 Å². The van der Waals surface area contributed by atoms with E-state index in [0.29, 0.717) is 35.1 Å². The fourth-order valence-electron chi connectivity index (χ4n) is 4.47. The number of carbonyl (C=O) groups excluding carboxylic acids is 1. The van der Waals surface area contributed by atoms with Crippen LogP contribution in [0.15, 0.2) is 65.8 Å². The van der Waals surface area contributed by atoms with Gasteiger partial charge in [0.25, 0.3) is 5.91 Å². The van der Waals surface area contributed by atoms with Gasteiger partial charge in [-0.15, -0.1) is 13.2 Å². The summed E-state index contributed by atoms with van der Waals surface area (Å²) >= 11 is 0. The molecule has 0 spiro atoms. The van der Waals surface area contributed by atoms with Gasteiger partial charge in [-0.1, -0.05) is 6.07 Å². The topological polar surface area (TPSA) is 82.0 Å². The number of carbonyl (C=O) groups is 1. The summed E-state index contributed by atoms with van der Waals surface area (Å²) in [6.07, 6.45) is -3.41. The van der Waals surface area contributed by atoms with Crippen LogP contribution in [0.4, 0.5) is 17.6 Å². The van der Waals surface area contributed by atoms with Crippen molar-refractivity contribution in [3.05, 3.63) is 89.0 Å². The highest BCUT2D eigenvalue weighted by molar-refractivity contribution is 5.99. The molecule has 3 heterocycles. The first-order valence-electron chi connectivity index (χ1n) is 11.8. The zero-order chi connectivity index (χ0) is 27.1. The molecule has 0 fully saturated rings. The molecule has 11 heteroatoms. The van der Waals surface area contributed by atoms with Crippen LogP contribution in [0.5, 0.6) is 11.5 Å². The zero-order valence-corrected chi connectivity index (χ0v) is 20.4. The Labute approximate surface area is 215 Å². The summed E-state index contributed by atoms with van der Waals surface area (Å²) in [6.45, 7) is 4.50. The summed E-state index contributed by atoms with van der Waals surface area (Å²) in [5.41, 5.74) is -0.221. The molecule has 198 valence electrons. The minimum Gasteiger partial charge on any atom is -0.491 e. The van der Waals surface area contributed by atoms with E-state index in [1.807, 2.05) is 13.8 Å². The lowest BCUT2D eigenvalue weighted by Gasteiger charge is -2.39. The summed E-state index contributed by atoms with van der Waals surface area (Å²) in [5.74, 6) is -1.86. The van der Waals surface area contributed by atoms with E-state index in [9.17, 15) is 22.4 Å². The van der Waals surface area contributed by atoms with Crippen LogP contribution < -0.4 is 14.8 Å². The van der Waals surface area contributed by atoms with Crippen molar-refractivity contribution >= 4 is 11.8 Å². The molecule has 7 nitrogen and oxygen atoms in total. The van der Waals surface area contributed by atoms with E-state index in [0.717, 1.165) is 12.1 Å². The maximum absolute atomic E-state index is 14.8. The summed E-state index contributed by atoms with van der Waals surface area (Å²) in [6, 6.07) is 13.0. The van der Waals surface area contributed by atoms with Crippen LogP contribution >= 0.6 is 0 Å². The minimum absolute atomic E-state index is 0.146. The van der Waals surface area contributed by atoms with Crippen molar-refractivity contribution in [3.63, 3.8) is 0 Å². The molecular formula is C27H23F4N3O4. The number of amides is 1. The number of nitrogens with zero attached hydrogens (tertiary/aromatic N) is 2. The number of alkyl halides is 3. The maximum Gasteiger partial charge on any atom is 0.573 e. The van der Waals surface area contributed by atoms with Gasteiger partial charge in [0.1, 0.15) is 23.6 Å². The fourth-order valence-corrected chi connectivity index (χ4v) is 4.47. The molecule has 3 aromatic rings. The second-order valence-electron chi connectivity index (χ2n) is 9.60. The predicted octanol–water partition coefficient (Wildman–Crippen LogP) is 5.13. The number of nitrogens with one attached hydrogen (secondary N) is 1. The first-order valence-corrected chi connectivity index (χ1v) is 11.8. The molecule has 0 aliphatic carbocycles. The third kappa shape index (κ3) is 5.00. The van der Waals surface area contributed by atoms with Crippen molar-refractivity contribution in [1.82, 2.24) is 10.3 Å². The second-order valence-corrected chi connectivity index (χ2v) is 9.60. The maximum atomic E-state index is 14.8. The summed E-state index contributed by atoms with van der Waals surface area (Å²) in [5, 5.41) is 2.95. The number of halogens is 4. The summed E-state index contributed by atoms with van der Waals surface area (Å²) in [4.78, 5) is 22.4. The molecule has 1 aromatic heterocycles. The van der Waals surface area contributed by atoms with Gasteiger partial charge in [0.15, 0.2) is 11.6 Å². The molecule has 1 atom stereocenters. The van der Waals surface area contributed by atoms with Crippen molar-refractivity contribution < 1.29 is 36.6 Å².